The fraction of sp³-hybridized carbons (Fsp3) is 0.368. The predicted molar refractivity (Wildman–Crippen MR) is 114 cm³/mol. The maximum atomic E-state index is 12.7. The zero-order valence-electron chi connectivity index (χ0n) is 15.2. The smallest absolute Gasteiger partial charge is 0.323 e. The summed E-state index contributed by atoms with van der Waals surface area (Å²) in [6.07, 6.45) is 2.29. The molecule has 0 bridgehead atoms. The summed E-state index contributed by atoms with van der Waals surface area (Å²) in [5.41, 5.74) is 1.69. The van der Waals surface area contributed by atoms with Gasteiger partial charge in [0.1, 0.15) is 0 Å². The molecule has 0 radical (unpaired) electrons. The van der Waals surface area contributed by atoms with Gasteiger partial charge in [0, 0.05) is 29.0 Å². The number of imidazole rings is 1. The van der Waals surface area contributed by atoms with Crippen LogP contribution in [-0.4, -0.2) is 46.6 Å². The Morgan fingerprint density at radius 2 is 2.18 bits per heavy atom. The third kappa shape index (κ3) is 4.72. The molecule has 3 heterocycles. The number of carbonyl (C=O) groups excluding carboxylic acids is 1. The molecule has 9 heteroatoms. The molecule has 1 fully saturated rings. The lowest BCUT2D eigenvalue weighted by molar-refractivity contribution is -0.117. The number of aromatic nitrogens is 2. The third-order valence-electron chi connectivity index (χ3n) is 4.69. The number of hydrogen-bond donors (Lipinski definition) is 3. The number of amides is 1. The normalized spacial score (nSPS) is 16.9. The Bertz CT molecular complexity index is 1010. The van der Waals surface area contributed by atoms with E-state index in [0.717, 1.165) is 32.5 Å². The molecule has 1 aliphatic rings. The molecule has 7 nitrogen and oxygen atoms in total. The molecule has 0 saturated carbocycles. The molecule has 1 aliphatic heterocycles. The fourth-order valence-corrected chi connectivity index (χ4v) is 4.62. The van der Waals surface area contributed by atoms with Crippen molar-refractivity contribution in [2.45, 2.75) is 25.5 Å². The number of carbonyl (C=O) groups is 1. The van der Waals surface area contributed by atoms with Gasteiger partial charge >= 0.3 is 5.69 Å². The number of benzene rings is 1. The Balaban J connectivity index is 1.45. The van der Waals surface area contributed by atoms with Crippen LogP contribution >= 0.6 is 27.3 Å². The van der Waals surface area contributed by atoms with E-state index in [9.17, 15) is 9.59 Å². The van der Waals surface area contributed by atoms with Gasteiger partial charge in [-0.3, -0.25) is 9.69 Å². The van der Waals surface area contributed by atoms with Crippen LogP contribution in [0.5, 0.6) is 0 Å². The lowest BCUT2D eigenvalue weighted by Gasteiger charge is -2.24. The molecule has 1 saturated heterocycles. The minimum absolute atomic E-state index is 0.104. The molecule has 148 valence electrons. The number of ether oxygens (including phenoxy) is 1. The van der Waals surface area contributed by atoms with Gasteiger partial charge in [-0.1, -0.05) is 6.07 Å². The van der Waals surface area contributed by atoms with Gasteiger partial charge in [0.05, 0.1) is 29.4 Å². The zero-order valence-corrected chi connectivity index (χ0v) is 17.6. The van der Waals surface area contributed by atoms with E-state index >= 15 is 0 Å². The molecular weight excluding hydrogens is 444 g/mol. The summed E-state index contributed by atoms with van der Waals surface area (Å²) < 4.78 is 6.47. The summed E-state index contributed by atoms with van der Waals surface area (Å²) in [5, 5.41) is 4.99. The van der Waals surface area contributed by atoms with E-state index in [1.807, 2.05) is 11.4 Å². The van der Waals surface area contributed by atoms with Crippen LogP contribution < -0.4 is 11.0 Å². The highest BCUT2D eigenvalue weighted by atomic mass is 79.9. The predicted octanol–water partition coefficient (Wildman–Crippen LogP) is 3.30. The zero-order chi connectivity index (χ0) is 19.5. The van der Waals surface area contributed by atoms with Gasteiger partial charge < -0.3 is 20.0 Å². The molecule has 0 aliphatic carbocycles. The van der Waals surface area contributed by atoms with Crippen molar-refractivity contribution in [1.29, 1.82) is 0 Å². The van der Waals surface area contributed by atoms with Crippen LogP contribution in [0.25, 0.3) is 11.0 Å². The van der Waals surface area contributed by atoms with Crippen molar-refractivity contribution in [3.63, 3.8) is 0 Å². The van der Waals surface area contributed by atoms with Crippen molar-refractivity contribution in [3.05, 3.63) is 49.5 Å². The second-order valence-electron chi connectivity index (χ2n) is 6.89. The number of hydrogen-bond acceptors (Lipinski definition) is 5. The molecule has 1 aromatic carbocycles. The minimum Gasteiger partial charge on any atom is -0.377 e. The highest BCUT2D eigenvalue weighted by molar-refractivity contribution is 9.10. The van der Waals surface area contributed by atoms with Crippen molar-refractivity contribution in [3.8, 4) is 0 Å². The highest BCUT2D eigenvalue weighted by Gasteiger charge is 2.21. The molecule has 4 rings (SSSR count). The highest BCUT2D eigenvalue weighted by Crippen LogP contribution is 2.26. The Morgan fingerprint density at radius 1 is 1.36 bits per heavy atom. The largest absolute Gasteiger partial charge is 0.377 e. The number of halogens is 1. The monoisotopic (exact) mass is 464 g/mol. The van der Waals surface area contributed by atoms with Crippen molar-refractivity contribution in [1.82, 2.24) is 14.9 Å². The number of nitrogens with one attached hydrogen (secondary N) is 3. The second-order valence-corrected chi connectivity index (χ2v) is 8.78. The van der Waals surface area contributed by atoms with E-state index in [1.165, 1.54) is 4.88 Å². The summed E-state index contributed by atoms with van der Waals surface area (Å²) in [6.45, 7) is 2.52. The number of nitrogens with zero attached hydrogens (tertiary/aromatic N) is 1. The van der Waals surface area contributed by atoms with Gasteiger partial charge in [0.25, 0.3) is 0 Å². The maximum absolute atomic E-state index is 12.7. The van der Waals surface area contributed by atoms with Crippen LogP contribution in [0.2, 0.25) is 0 Å². The first kappa shape index (κ1) is 19.4. The number of rotatable bonds is 7. The number of fused-ring (bicyclic) bond motifs is 1. The second kappa shape index (κ2) is 8.60. The SMILES string of the molecule is O=C(CN(Cc1cccs1)CC1CCCO1)Nc1cc2[nH]c(=O)[nH]c2cc1Br. The fourth-order valence-electron chi connectivity index (χ4n) is 3.43. The molecular formula is C19H21BrN4O3S. The third-order valence-corrected chi connectivity index (χ3v) is 6.21. The molecule has 2 aromatic heterocycles. The molecule has 3 N–H and O–H groups in total. The van der Waals surface area contributed by atoms with Gasteiger partial charge in [-0.2, -0.15) is 0 Å². The summed E-state index contributed by atoms with van der Waals surface area (Å²) >= 11 is 5.15. The van der Waals surface area contributed by atoms with Gasteiger partial charge in [-0.15, -0.1) is 11.3 Å². The van der Waals surface area contributed by atoms with E-state index in [0.29, 0.717) is 21.2 Å². The van der Waals surface area contributed by atoms with E-state index in [4.69, 9.17) is 4.74 Å². The first-order valence-electron chi connectivity index (χ1n) is 9.14. The van der Waals surface area contributed by atoms with Crippen molar-refractivity contribution in [2.24, 2.45) is 0 Å². The van der Waals surface area contributed by atoms with Crippen LogP contribution in [0.3, 0.4) is 0 Å². The van der Waals surface area contributed by atoms with Crippen LogP contribution in [-0.2, 0) is 16.1 Å². The van der Waals surface area contributed by atoms with E-state index in [-0.39, 0.29) is 24.2 Å². The van der Waals surface area contributed by atoms with E-state index < -0.39 is 0 Å². The van der Waals surface area contributed by atoms with E-state index in [2.05, 4.69) is 42.2 Å². The quantitative estimate of drug-likeness (QED) is 0.500. The summed E-state index contributed by atoms with van der Waals surface area (Å²) in [7, 11) is 0. The molecule has 1 atom stereocenters. The molecule has 1 unspecified atom stereocenters. The van der Waals surface area contributed by atoms with Gasteiger partial charge in [-0.25, -0.2) is 4.79 Å². The number of thiophene rings is 1. The number of H-pyrrole nitrogens is 2. The van der Waals surface area contributed by atoms with E-state index in [1.54, 1.807) is 23.5 Å². The molecule has 3 aromatic rings. The Morgan fingerprint density at radius 3 is 2.89 bits per heavy atom. The Kier molecular flexibility index (Phi) is 5.96. The number of aromatic amines is 2. The summed E-state index contributed by atoms with van der Waals surface area (Å²) in [4.78, 5) is 33.0. The van der Waals surface area contributed by atoms with Gasteiger partial charge in [0.15, 0.2) is 0 Å². The van der Waals surface area contributed by atoms with Crippen LogP contribution in [0.4, 0.5) is 5.69 Å². The van der Waals surface area contributed by atoms with Crippen LogP contribution in [0, 0.1) is 0 Å². The lowest BCUT2D eigenvalue weighted by atomic mass is 10.2. The van der Waals surface area contributed by atoms with Crippen LogP contribution in [0.15, 0.2) is 38.9 Å². The summed E-state index contributed by atoms with van der Waals surface area (Å²) in [5.74, 6) is -0.104. The average Bonchev–Trinajstić information content (AvgIpc) is 3.37. The molecule has 1 amide bonds. The standard InChI is InChI=1S/C19H21BrN4O3S/c20-14-7-16-17(23-19(26)22-16)8-15(14)21-18(25)11-24(9-12-3-1-5-27-12)10-13-4-2-6-28-13/h2,4,6-8,12H,1,3,5,9-11H2,(H,21,25)(H2,22,23,26). The number of anilines is 1. The van der Waals surface area contributed by atoms with Gasteiger partial charge in [0.2, 0.25) is 5.91 Å². The van der Waals surface area contributed by atoms with Gasteiger partial charge in [-0.05, 0) is 52.4 Å². The lowest BCUT2D eigenvalue weighted by Crippen LogP contribution is -2.37. The summed E-state index contributed by atoms with van der Waals surface area (Å²) in [6, 6.07) is 7.63. The first-order chi connectivity index (χ1) is 13.6. The topological polar surface area (TPSA) is 90.2 Å². The van der Waals surface area contributed by atoms with Crippen LogP contribution in [0.1, 0.15) is 17.7 Å². The maximum Gasteiger partial charge on any atom is 0.323 e. The Labute approximate surface area is 174 Å². The average molecular weight is 465 g/mol. The van der Waals surface area contributed by atoms with Crippen molar-refractivity contribution >= 4 is 49.9 Å². The van der Waals surface area contributed by atoms with Crippen molar-refractivity contribution in [2.75, 3.05) is 25.0 Å². The van der Waals surface area contributed by atoms with Crippen molar-refractivity contribution < 1.29 is 9.53 Å². The minimum atomic E-state index is -0.274. The Hall–Kier alpha value is -1.94. The molecule has 28 heavy (non-hydrogen) atoms. The first-order valence-corrected chi connectivity index (χ1v) is 10.8. The molecule has 0 spiro atoms.